The normalized spacial score (nSPS) is 25.3. The standard InChI is InChI=1S/C13H27N3O2/c1-13(2,3)18-12(17)16-9-11-5-7-15-6-4-10(11)8-14/h10-11,15H,4-9,14H2,1-3H3,(H,16,17). The van der Waals surface area contributed by atoms with Gasteiger partial charge in [-0.05, 0) is 65.1 Å². The van der Waals surface area contributed by atoms with Crippen molar-refractivity contribution < 1.29 is 9.53 Å². The molecule has 0 saturated carbocycles. The van der Waals surface area contributed by atoms with Gasteiger partial charge in [0.05, 0.1) is 0 Å². The molecule has 0 aromatic carbocycles. The molecule has 106 valence electrons. The number of rotatable bonds is 3. The number of carbonyl (C=O) groups excluding carboxylic acids is 1. The smallest absolute Gasteiger partial charge is 0.407 e. The first-order valence-electron chi connectivity index (χ1n) is 6.80. The molecule has 18 heavy (non-hydrogen) atoms. The molecule has 1 amide bonds. The Morgan fingerprint density at radius 1 is 1.33 bits per heavy atom. The summed E-state index contributed by atoms with van der Waals surface area (Å²) in [4.78, 5) is 11.6. The Balaban J connectivity index is 2.37. The van der Waals surface area contributed by atoms with Crippen molar-refractivity contribution in [1.29, 1.82) is 0 Å². The van der Waals surface area contributed by atoms with Crippen molar-refractivity contribution in [2.45, 2.75) is 39.2 Å². The third-order valence-corrected chi connectivity index (χ3v) is 3.26. The monoisotopic (exact) mass is 257 g/mol. The summed E-state index contributed by atoms with van der Waals surface area (Å²) in [6.45, 7) is 8.95. The predicted octanol–water partition coefficient (Wildman–Crippen LogP) is 1.09. The molecule has 0 bridgehead atoms. The van der Waals surface area contributed by atoms with Gasteiger partial charge in [-0.25, -0.2) is 4.79 Å². The van der Waals surface area contributed by atoms with Crippen LogP contribution in [0.4, 0.5) is 4.79 Å². The van der Waals surface area contributed by atoms with Crippen LogP contribution in [0, 0.1) is 11.8 Å². The van der Waals surface area contributed by atoms with E-state index in [0.717, 1.165) is 25.9 Å². The van der Waals surface area contributed by atoms with Crippen molar-refractivity contribution >= 4 is 6.09 Å². The van der Waals surface area contributed by atoms with E-state index in [9.17, 15) is 4.79 Å². The number of alkyl carbamates (subject to hydrolysis) is 1. The van der Waals surface area contributed by atoms with Gasteiger partial charge in [0.2, 0.25) is 0 Å². The average molecular weight is 257 g/mol. The van der Waals surface area contributed by atoms with E-state index in [2.05, 4.69) is 10.6 Å². The van der Waals surface area contributed by atoms with Gasteiger partial charge in [-0.3, -0.25) is 0 Å². The van der Waals surface area contributed by atoms with Crippen molar-refractivity contribution in [3.05, 3.63) is 0 Å². The van der Waals surface area contributed by atoms with Crippen LogP contribution in [-0.2, 0) is 4.74 Å². The highest BCUT2D eigenvalue weighted by atomic mass is 16.6. The summed E-state index contributed by atoms with van der Waals surface area (Å²) in [6.07, 6.45) is 1.80. The van der Waals surface area contributed by atoms with Gasteiger partial charge < -0.3 is 21.1 Å². The second kappa shape index (κ2) is 6.95. The molecular weight excluding hydrogens is 230 g/mol. The second-order valence-electron chi connectivity index (χ2n) is 5.97. The van der Waals surface area contributed by atoms with Gasteiger partial charge in [-0.15, -0.1) is 0 Å². The molecular formula is C13H27N3O2. The zero-order valence-corrected chi connectivity index (χ0v) is 11.8. The van der Waals surface area contributed by atoms with Crippen LogP contribution < -0.4 is 16.4 Å². The molecule has 2 atom stereocenters. The highest BCUT2D eigenvalue weighted by molar-refractivity contribution is 5.67. The van der Waals surface area contributed by atoms with Crippen molar-refractivity contribution in [1.82, 2.24) is 10.6 Å². The van der Waals surface area contributed by atoms with Gasteiger partial charge >= 0.3 is 6.09 Å². The molecule has 1 rings (SSSR count). The molecule has 1 aliphatic rings. The molecule has 1 fully saturated rings. The second-order valence-corrected chi connectivity index (χ2v) is 5.97. The van der Waals surface area contributed by atoms with E-state index < -0.39 is 5.60 Å². The van der Waals surface area contributed by atoms with Crippen molar-refractivity contribution in [2.24, 2.45) is 17.6 Å². The molecule has 1 aliphatic heterocycles. The maximum absolute atomic E-state index is 11.6. The fraction of sp³-hybridized carbons (Fsp3) is 0.923. The maximum atomic E-state index is 11.6. The third-order valence-electron chi connectivity index (χ3n) is 3.26. The van der Waals surface area contributed by atoms with E-state index in [4.69, 9.17) is 10.5 Å². The van der Waals surface area contributed by atoms with Crippen LogP contribution in [0.5, 0.6) is 0 Å². The summed E-state index contributed by atoms with van der Waals surface area (Å²) in [5, 5.41) is 6.22. The SMILES string of the molecule is CC(C)(C)OC(=O)NCC1CCNCCC1CN. The quantitative estimate of drug-likeness (QED) is 0.707. The van der Waals surface area contributed by atoms with E-state index in [-0.39, 0.29) is 6.09 Å². The van der Waals surface area contributed by atoms with E-state index in [1.165, 1.54) is 0 Å². The fourth-order valence-electron chi connectivity index (χ4n) is 2.28. The Morgan fingerprint density at radius 3 is 2.50 bits per heavy atom. The van der Waals surface area contributed by atoms with E-state index in [1.54, 1.807) is 0 Å². The van der Waals surface area contributed by atoms with Gasteiger partial charge in [-0.2, -0.15) is 0 Å². The Hall–Kier alpha value is -0.810. The van der Waals surface area contributed by atoms with Gasteiger partial charge in [-0.1, -0.05) is 0 Å². The van der Waals surface area contributed by atoms with Crippen LogP contribution in [-0.4, -0.2) is 37.9 Å². The highest BCUT2D eigenvalue weighted by Crippen LogP contribution is 2.20. The molecule has 1 saturated heterocycles. The number of carbonyl (C=O) groups is 1. The minimum atomic E-state index is -0.442. The first kappa shape index (κ1) is 15.2. The lowest BCUT2D eigenvalue weighted by Gasteiger charge is -2.25. The Morgan fingerprint density at radius 2 is 1.94 bits per heavy atom. The lowest BCUT2D eigenvalue weighted by atomic mass is 9.88. The topological polar surface area (TPSA) is 76.4 Å². The molecule has 0 aromatic rings. The number of hydrogen-bond donors (Lipinski definition) is 3. The number of amides is 1. The molecule has 4 N–H and O–H groups in total. The molecule has 5 heteroatoms. The van der Waals surface area contributed by atoms with Gasteiger partial charge in [0.1, 0.15) is 5.60 Å². The van der Waals surface area contributed by atoms with Crippen molar-refractivity contribution in [3.8, 4) is 0 Å². The Kier molecular flexibility index (Phi) is 5.88. The molecule has 0 aliphatic carbocycles. The Bertz CT molecular complexity index is 263. The van der Waals surface area contributed by atoms with Crippen molar-refractivity contribution in [2.75, 3.05) is 26.2 Å². The zero-order valence-electron chi connectivity index (χ0n) is 11.8. The molecule has 1 heterocycles. The van der Waals surface area contributed by atoms with Crippen LogP contribution in [0.3, 0.4) is 0 Å². The van der Waals surface area contributed by atoms with E-state index in [1.807, 2.05) is 20.8 Å². The molecule has 0 radical (unpaired) electrons. The maximum Gasteiger partial charge on any atom is 0.407 e. The lowest BCUT2D eigenvalue weighted by Crippen LogP contribution is -2.38. The van der Waals surface area contributed by atoms with Gasteiger partial charge in [0, 0.05) is 6.54 Å². The summed E-state index contributed by atoms with van der Waals surface area (Å²) >= 11 is 0. The number of nitrogens with one attached hydrogen (secondary N) is 2. The molecule has 0 spiro atoms. The lowest BCUT2D eigenvalue weighted by molar-refractivity contribution is 0.0512. The van der Waals surface area contributed by atoms with Crippen molar-refractivity contribution in [3.63, 3.8) is 0 Å². The van der Waals surface area contributed by atoms with Gasteiger partial charge in [0.15, 0.2) is 0 Å². The third kappa shape index (κ3) is 5.69. The summed E-state index contributed by atoms with van der Waals surface area (Å²) < 4.78 is 5.23. The van der Waals surface area contributed by atoms with Crippen LogP contribution in [0.25, 0.3) is 0 Å². The summed E-state index contributed by atoms with van der Waals surface area (Å²) in [7, 11) is 0. The molecule has 2 unspecified atom stereocenters. The van der Waals surface area contributed by atoms with E-state index >= 15 is 0 Å². The zero-order chi connectivity index (χ0) is 13.6. The van der Waals surface area contributed by atoms with Crippen LogP contribution in [0.15, 0.2) is 0 Å². The minimum Gasteiger partial charge on any atom is -0.444 e. The first-order valence-corrected chi connectivity index (χ1v) is 6.80. The average Bonchev–Trinajstić information content (AvgIpc) is 2.48. The molecule has 5 nitrogen and oxygen atoms in total. The van der Waals surface area contributed by atoms with Gasteiger partial charge in [0.25, 0.3) is 0 Å². The minimum absolute atomic E-state index is 0.338. The summed E-state index contributed by atoms with van der Waals surface area (Å²) in [6, 6.07) is 0. The van der Waals surface area contributed by atoms with Crippen LogP contribution >= 0.6 is 0 Å². The fourth-order valence-corrected chi connectivity index (χ4v) is 2.28. The number of hydrogen-bond acceptors (Lipinski definition) is 4. The Labute approximate surface area is 110 Å². The van der Waals surface area contributed by atoms with E-state index in [0.29, 0.717) is 24.9 Å². The summed E-state index contributed by atoms with van der Waals surface area (Å²) in [5.41, 5.74) is 5.36. The summed E-state index contributed by atoms with van der Waals surface area (Å²) in [5.74, 6) is 0.924. The number of nitrogens with two attached hydrogens (primary N) is 1. The first-order chi connectivity index (χ1) is 8.42. The molecule has 0 aromatic heterocycles. The predicted molar refractivity (Wildman–Crippen MR) is 72.4 cm³/mol. The van der Waals surface area contributed by atoms with Crippen LogP contribution in [0.2, 0.25) is 0 Å². The largest absolute Gasteiger partial charge is 0.444 e. The van der Waals surface area contributed by atoms with Crippen LogP contribution in [0.1, 0.15) is 33.6 Å². The number of ether oxygens (including phenoxy) is 1. The highest BCUT2D eigenvalue weighted by Gasteiger charge is 2.24.